The summed E-state index contributed by atoms with van der Waals surface area (Å²) in [5.41, 5.74) is 1.91. The molecule has 0 bridgehead atoms. The average molecular weight is 512 g/mol. The van der Waals surface area contributed by atoms with Crippen molar-refractivity contribution < 1.29 is 14.3 Å². The Bertz CT molecular complexity index is 1620. The van der Waals surface area contributed by atoms with Crippen LogP contribution in [0.4, 0.5) is 0 Å². The molecule has 4 rings (SSSR count). The SMILES string of the molecule is COc1ccc(/C=c2\s/c(=C(/C#N)C(=O)NCCc3ccccc3)n(-c3ccccc3)c2=O)cc1OC. The summed E-state index contributed by atoms with van der Waals surface area (Å²) in [4.78, 5) is 26.6. The number of nitrogens with one attached hydrogen (secondary N) is 1. The summed E-state index contributed by atoms with van der Waals surface area (Å²) in [5.74, 6) is 0.570. The van der Waals surface area contributed by atoms with Crippen molar-refractivity contribution in [2.24, 2.45) is 0 Å². The summed E-state index contributed by atoms with van der Waals surface area (Å²) in [5, 5.41) is 12.8. The highest BCUT2D eigenvalue weighted by Gasteiger charge is 2.17. The topological polar surface area (TPSA) is 93.4 Å². The van der Waals surface area contributed by atoms with Crippen LogP contribution in [0.3, 0.4) is 0 Å². The zero-order valence-electron chi connectivity index (χ0n) is 20.4. The number of carbonyl (C=O) groups is 1. The highest BCUT2D eigenvalue weighted by Crippen LogP contribution is 2.27. The number of nitrogens with zero attached hydrogens (tertiary/aromatic N) is 2. The highest BCUT2D eigenvalue weighted by molar-refractivity contribution is 7.07. The molecule has 0 unspecified atom stereocenters. The molecule has 0 radical (unpaired) electrons. The Morgan fingerprint density at radius 3 is 2.32 bits per heavy atom. The molecule has 0 saturated carbocycles. The van der Waals surface area contributed by atoms with Crippen molar-refractivity contribution in [3.8, 4) is 23.3 Å². The quantitative estimate of drug-likeness (QED) is 0.393. The third-order valence-corrected chi connectivity index (χ3v) is 6.73. The van der Waals surface area contributed by atoms with Crippen molar-refractivity contribution in [2.75, 3.05) is 20.8 Å². The second-order valence-electron chi connectivity index (χ2n) is 7.98. The largest absolute Gasteiger partial charge is 0.493 e. The van der Waals surface area contributed by atoms with Gasteiger partial charge in [0, 0.05) is 6.54 Å². The molecule has 0 aliphatic rings. The minimum Gasteiger partial charge on any atom is -0.493 e. The summed E-state index contributed by atoms with van der Waals surface area (Å²) in [6.07, 6.45) is 2.33. The Morgan fingerprint density at radius 2 is 1.68 bits per heavy atom. The number of hydrogen-bond donors (Lipinski definition) is 1. The molecule has 4 aromatic rings. The molecular weight excluding hydrogens is 486 g/mol. The van der Waals surface area contributed by atoms with E-state index in [0.717, 1.165) is 16.9 Å². The van der Waals surface area contributed by atoms with E-state index in [9.17, 15) is 14.9 Å². The van der Waals surface area contributed by atoms with Crippen LogP contribution in [0.2, 0.25) is 0 Å². The zero-order chi connectivity index (χ0) is 26.2. The number of rotatable bonds is 8. The van der Waals surface area contributed by atoms with Gasteiger partial charge >= 0.3 is 0 Å². The van der Waals surface area contributed by atoms with E-state index in [-0.39, 0.29) is 15.8 Å². The molecule has 1 N–H and O–H groups in total. The van der Waals surface area contributed by atoms with Gasteiger partial charge in [0.05, 0.1) is 24.4 Å². The van der Waals surface area contributed by atoms with Crippen molar-refractivity contribution >= 4 is 28.9 Å². The van der Waals surface area contributed by atoms with Gasteiger partial charge in [0.15, 0.2) is 17.1 Å². The monoisotopic (exact) mass is 511 g/mol. The van der Waals surface area contributed by atoms with Crippen LogP contribution in [0, 0.1) is 11.3 Å². The van der Waals surface area contributed by atoms with Crippen molar-refractivity contribution in [3.63, 3.8) is 0 Å². The first kappa shape index (κ1) is 25.5. The summed E-state index contributed by atoms with van der Waals surface area (Å²) >= 11 is 1.09. The van der Waals surface area contributed by atoms with Crippen LogP contribution < -0.4 is 29.5 Å². The third kappa shape index (κ3) is 5.80. The first-order chi connectivity index (χ1) is 18.0. The number of methoxy groups -OCH3 is 2. The van der Waals surface area contributed by atoms with E-state index >= 15 is 0 Å². The molecule has 37 heavy (non-hydrogen) atoms. The van der Waals surface area contributed by atoms with E-state index in [1.807, 2.05) is 42.5 Å². The molecule has 1 heterocycles. The van der Waals surface area contributed by atoms with Crippen LogP contribution in [-0.2, 0) is 11.2 Å². The van der Waals surface area contributed by atoms with Crippen molar-refractivity contribution in [1.29, 1.82) is 5.26 Å². The molecule has 0 saturated heterocycles. The maximum atomic E-state index is 13.5. The predicted octanol–water partition coefficient (Wildman–Crippen LogP) is 2.78. The number of ether oxygens (including phenoxy) is 2. The second-order valence-corrected chi connectivity index (χ2v) is 9.02. The fourth-order valence-electron chi connectivity index (χ4n) is 3.80. The molecule has 1 amide bonds. The molecule has 3 aromatic carbocycles. The van der Waals surface area contributed by atoms with Gasteiger partial charge in [-0.1, -0.05) is 54.6 Å². The first-order valence-corrected chi connectivity index (χ1v) is 12.3. The van der Waals surface area contributed by atoms with E-state index in [1.54, 1.807) is 55.7 Å². The molecule has 0 atom stereocenters. The van der Waals surface area contributed by atoms with E-state index in [2.05, 4.69) is 5.32 Å². The van der Waals surface area contributed by atoms with Gasteiger partial charge in [0.1, 0.15) is 10.7 Å². The molecule has 1 aromatic heterocycles. The van der Waals surface area contributed by atoms with Crippen LogP contribution >= 0.6 is 11.3 Å². The third-order valence-electron chi connectivity index (χ3n) is 5.64. The van der Waals surface area contributed by atoms with Gasteiger partial charge < -0.3 is 14.8 Å². The molecule has 7 nitrogen and oxygen atoms in total. The number of nitriles is 1. The molecule has 0 aliphatic heterocycles. The number of benzene rings is 3. The maximum Gasteiger partial charge on any atom is 0.273 e. The van der Waals surface area contributed by atoms with E-state index in [0.29, 0.717) is 40.2 Å². The Kier molecular flexibility index (Phi) is 8.18. The van der Waals surface area contributed by atoms with Gasteiger partial charge in [-0.2, -0.15) is 5.26 Å². The first-order valence-electron chi connectivity index (χ1n) is 11.5. The van der Waals surface area contributed by atoms with Crippen LogP contribution in [-0.4, -0.2) is 31.2 Å². The lowest BCUT2D eigenvalue weighted by atomic mass is 10.1. The Balaban J connectivity index is 1.81. The van der Waals surface area contributed by atoms with Crippen molar-refractivity contribution in [1.82, 2.24) is 9.88 Å². The molecule has 0 fully saturated rings. The smallest absolute Gasteiger partial charge is 0.273 e. The lowest BCUT2D eigenvalue weighted by Crippen LogP contribution is -2.34. The highest BCUT2D eigenvalue weighted by atomic mass is 32.1. The molecule has 0 aliphatic carbocycles. The fourth-order valence-corrected chi connectivity index (χ4v) is 4.91. The Morgan fingerprint density at radius 1 is 1.00 bits per heavy atom. The van der Waals surface area contributed by atoms with Gasteiger partial charge in [-0.3, -0.25) is 14.2 Å². The van der Waals surface area contributed by atoms with Crippen molar-refractivity contribution in [2.45, 2.75) is 6.42 Å². The number of hydrogen-bond acceptors (Lipinski definition) is 6. The van der Waals surface area contributed by atoms with Gasteiger partial charge in [-0.25, -0.2) is 0 Å². The molecule has 186 valence electrons. The Hall–Kier alpha value is -4.61. The number of para-hydroxylation sites is 1. The summed E-state index contributed by atoms with van der Waals surface area (Å²) in [7, 11) is 3.09. The van der Waals surface area contributed by atoms with Crippen LogP contribution in [0.1, 0.15) is 11.1 Å². The van der Waals surface area contributed by atoms with Crippen LogP contribution in [0.5, 0.6) is 11.5 Å². The maximum absolute atomic E-state index is 13.5. The van der Waals surface area contributed by atoms with E-state index in [4.69, 9.17) is 9.47 Å². The number of aromatic nitrogens is 1. The normalized spacial score (nSPS) is 12.0. The van der Waals surface area contributed by atoms with E-state index in [1.165, 1.54) is 11.7 Å². The fraction of sp³-hybridized carbons (Fsp3) is 0.138. The Labute approximate surface area is 218 Å². The number of carbonyl (C=O) groups excluding carboxylic acids is 1. The average Bonchev–Trinajstić information content (AvgIpc) is 3.25. The van der Waals surface area contributed by atoms with Gasteiger partial charge in [0.25, 0.3) is 11.5 Å². The van der Waals surface area contributed by atoms with Crippen LogP contribution in [0.15, 0.2) is 83.7 Å². The predicted molar refractivity (Wildman–Crippen MR) is 144 cm³/mol. The number of thiazole rings is 1. The standard InChI is InChI=1S/C29H25N3O4S/c1-35-24-14-13-21(17-25(24)36-2)18-26-28(34)32(22-11-7-4-8-12-22)29(37-26)23(19-30)27(33)31-16-15-20-9-5-3-6-10-20/h3-14,17-18H,15-16H2,1-2H3,(H,31,33)/b26-18-,29-23-. The summed E-state index contributed by atoms with van der Waals surface area (Å²) in [6.45, 7) is 0.361. The van der Waals surface area contributed by atoms with Gasteiger partial charge in [-0.05, 0) is 47.9 Å². The minimum absolute atomic E-state index is 0.119. The lowest BCUT2D eigenvalue weighted by molar-refractivity contribution is -0.115. The van der Waals surface area contributed by atoms with Gasteiger partial charge in [0.2, 0.25) is 0 Å². The minimum atomic E-state index is -0.526. The number of amides is 1. The molecule has 8 heteroatoms. The second kappa shape index (κ2) is 11.9. The van der Waals surface area contributed by atoms with Gasteiger partial charge in [-0.15, -0.1) is 11.3 Å². The zero-order valence-corrected chi connectivity index (χ0v) is 21.2. The van der Waals surface area contributed by atoms with Crippen LogP contribution in [0.25, 0.3) is 17.3 Å². The molecular formula is C29H25N3O4S. The van der Waals surface area contributed by atoms with E-state index < -0.39 is 5.91 Å². The summed E-state index contributed by atoms with van der Waals surface area (Å²) < 4.78 is 12.7. The lowest BCUT2D eigenvalue weighted by Gasteiger charge is -2.07. The molecule has 0 spiro atoms. The van der Waals surface area contributed by atoms with Crippen molar-refractivity contribution in [3.05, 3.63) is 110 Å². The summed E-state index contributed by atoms with van der Waals surface area (Å²) in [6, 6.07) is 26.0.